The molecule has 0 bridgehead atoms. The van der Waals surface area contributed by atoms with Crippen LogP contribution in [0.2, 0.25) is 0 Å². The van der Waals surface area contributed by atoms with E-state index in [4.69, 9.17) is 0 Å². The first-order chi connectivity index (χ1) is 13.1. The molecule has 0 unspecified atom stereocenters. The van der Waals surface area contributed by atoms with E-state index < -0.39 is 12.0 Å². The quantitative estimate of drug-likeness (QED) is 0.768. The Morgan fingerprint density at radius 1 is 0.852 bits per heavy atom. The number of anilines is 1. The number of nitrogens with zero attached hydrogens (tertiary/aromatic N) is 3. The molecule has 5 nitrogen and oxygen atoms in total. The molecule has 0 saturated carbocycles. The van der Waals surface area contributed by atoms with Crippen molar-refractivity contribution in [2.24, 2.45) is 5.92 Å². The average Bonchev–Trinajstić information content (AvgIpc) is 3.30. The Labute approximate surface area is 156 Å². The van der Waals surface area contributed by atoms with E-state index in [-0.39, 0.29) is 23.7 Å². The van der Waals surface area contributed by atoms with Gasteiger partial charge in [0, 0.05) is 13.1 Å². The van der Waals surface area contributed by atoms with E-state index in [0.717, 1.165) is 30.6 Å². The van der Waals surface area contributed by atoms with Crippen molar-refractivity contribution < 1.29 is 14.0 Å². The number of carbonyl (C=O) groups excluding carboxylic acids is 2. The van der Waals surface area contributed by atoms with Crippen LogP contribution in [-0.4, -0.2) is 41.0 Å². The molecule has 2 amide bonds. The van der Waals surface area contributed by atoms with Crippen molar-refractivity contribution in [3.05, 3.63) is 65.5 Å². The van der Waals surface area contributed by atoms with Crippen LogP contribution in [0.15, 0.2) is 48.5 Å². The lowest BCUT2D eigenvalue weighted by Gasteiger charge is -2.29. The van der Waals surface area contributed by atoms with Crippen LogP contribution in [0.5, 0.6) is 0 Å². The number of carbonyl (C=O) groups is 2. The maximum absolute atomic E-state index is 13.3. The van der Waals surface area contributed by atoms with Gasteiger partial charge in [-0.1, -0.05) is 29.8 Å². The highest BCUT2D eigenvalue weighted by atomic mass is 19.1. The standard InChI is InChI=1S/C21H20FN3O2/c1-13-3-5-14(6-4-13)18-17-19(24-12-2-11-23(18)24)21(27)25(20(17)26)16-9-7-15(22)8-10-16/h3-10,17-19H,2,11-12H2,1H3/t17-,18+,19+/m0/s1. The summed E-state index contributed by atoms with van der Waals surface area (Å²) in [5.74, 6) is -1.23. The number of benzene rings is 2. The second-order valence-electron chi connectivity index (χ2n) is 7.49. The summed E-state index contributed by atoms with van der Waals surface area (Å²) in [5.41, 5.74) is 2.66. The highest BCUT2D eigenvalue weighted by Crippen LogP contribution is 2.48. The molecule has 0 radical (unpaired) electrons. The van der Waals surface area contributed by atoms with Gasteiger partial charge in [0.15, 0.2) is 0 Å². The number of fused-ring (bicyclic) bond motifs is 3. The van der Waals surface area contributed by atoms with E-state index in [9.17, 15) is 14.0 Å². The average molecular weight is 365 g/mol. The molecule has 2 aromatic rings. The van der Waals surface area contributed by atoms with Gasteiger partial charge in [0.25, 0.3) is 5.91 Å². The molecule has 0 aliphatic carbocycles. The molecule has 138 valence electrons. The summed E-state index contributed by atoms with van der Waals surface area (Å²) in [6.07, 6.45) is 0.976. The van der Waals surface area contributed by atoms with Gasteiger partial charge in [-0.05, 0) is 43.2 Å². The lowest BCUT2D eigenvalue weighted by molar-refractivity contribution is -0.126. The van der Waals surface area contributed by atoms with Crippen molar-refractivity contribution >= 4 is 17.5 Å². The fraction of sp³-hybridized carbons (Fsp3) is 0.333. The first kappa shape index (κ1) is 16.6. The molecular formula is C21H20FN3O2. The Bertz CT molecular complexity index is 912. The predicted octanol–water partition coefficient (Wildman–Crippen LogP) is 2.67. The number of hydrogen-bond acceptors (Lipinski definition) is 4. The molecule has 3 saturated heterocycles. The van der Waals surface area contributed by atoms with Gasteiger partial charge < -0.3 is 0 Å². The maximum Gasteiger partial charge on any atom is 0.253 e. The molecule has 3 atom stereocenters. The zero-order valence-corrected chi connectivity index (χ0v) is 15.0. The van der Waals surface area contributed by atoms with Crippen molar-refractivity contribution in [3.8, 4) is 0 Å². The second kappa shape index (κ2) is 5.97. The van der Waals surface area contributed by atoms with Crippen LogP contribution in [0.1, 0.15) is 23.6 Å². The van der Waals surface area contributed by atoms with Crippen LogP contribution in [-0.2, 0) is 9.59 Å². The number of hydrazine groups is 1. The van der Waals surface area contributed by atoms with E-state index in [0.29, 0.717) is 5.69 Å². The van der Waals surface area contributed by atoms with E-state index in [1.54, 1.807) is 0 Å². The lowest BCUT2D eigenvalue weighted by atomic mass is 9.89. The van der Waals surface area contributed by atoms with Crippen molar-refractivity contribution in [1.82, 2.24) is 10.0 Å². The fourth-order valence-corrected chi connectivity index (χ4v) is 4.72. The van der Waals surface area contributed by atoms with Crippen LogP contribution in [0.4, 0.5) is 10.1 Å². The molecule has 3 fully saturated rings. The summed E-state index contributed by atoms with van der Waals surface area (Å²) in [4.78, 5) is 27.8. The third-order valence-corrected chi connectivity index (χ3v) is 5.91. The molecule has 0 aromatic heterocycles. The largest absolute Gasteiger partial charge is 0.274 e. The first-order valence-corrected chi connectivity index (χ1v) is 9.29. The van der Waals surface area contributed by atoms with Crippen LogP contribution in [0.25, 0.3) is 0 Å². The highest BCUT2D eigenvalue weighted by molar-refractivity contribution is 6.24. The molecule has 2 aromatic carbocycles. The van der Waals surface area contributed by atoms with Crippen LogP contribution < -0.4 is 4.90 Å². The molecule has 3 aliphatic heterocycles. The molecule has 3 aliphatic rings. The summed E-state index contributed by atoms with van der Waals surface area (Å²) in [7, 11) is 0. The minimum Gasteiger partial charge on any atom is -0.274 e. The van der Waals surface area contributed by atoms with E-state index in [1.165, 1.54) is 29.2 Å². The van der Waals surface area contributed by atoms with E-state index in [2.05, 4.69) is 22.2 Å². The smallest absolute Gasteiger partial charge is 0.253 e. The van der Waals surface area contributed by atoms with Gasteiger partial charge in [-0.3, -0.25) is 9.59 Å². The number of rotatable bonds is 2. The number of aryl methyl sites for hydroxylation is 1. The molecule has 6 heteroatoms. The number of imide groups is 1. The van der Waals surface area contributed by atoms with Crippen molar-refractivity contribution in [2.75, 3.05) is 18.0 Å². The summed E-state index contributed by atoms with van der Waals surface area (Å²) >= 11 is 0. The normalized spacial score (nSPS) is 28.1. The Balaban J connectivity index is 1.57. The zero-order chi connectivity index (χ0) is 18.7. The van der Waals surface area contributed by atoms with E-state index >= 15 is 0 Å². The van der Waals surface area contributed by atoms with Crippen molar-refractivity contribution in [2.45, 2.75) is 25.4 Å². The molecule has 0 spiro atoms. The SMILES string of the molecule is Cc1ccc([C@@H]2[C@@H]3C(=O)N(c4ccc(F)cc4)C(=O)[C@@H]3N3CCCN23)cc1. The summed E-state index contributed by atoms with van der Waals surface area (Å²) in [6, 6.07) is 13.1. The Morgan fingerprint density at radius 2 is 1.48 bits per heavy atom. The van der Waals surface area contributed by atoms with Crippen molar-refractivity contribution in [3.63, 3.8) is 0 Å². The van der Waals surface area contributed by atoms with Crippen LogP contribution in [0.3, 0.4) is 0 Å². The number of hydrogen-bond donors (Lipinski definition) is 0. The second-order valence-corrected chi connectivity index (χ2v) is 7.49. The van der Waals surface area contributed by atoms with E-state index in [1.807, 2.05) is 19.1 Å². The summed E-state index contributed by atoms with van der Waals surface area (Å²) < 4.78 is 13.3. The van der Waals surface area contributed by atoms with Gasteiger partial charge in [0.2, 0.25) is 5.91 Å². The lowest BCUT2D eigenvalue weighted by Crippen LogP contribution is -2.44. The van der Waals surface area contributed by atoms with Gasteiger partial charge in [-0.25, -0.2) is 19.3 Å². The Hall–Kier alpha value is -2.57. The molecular weight excluding hydrogens is 345 g/mol. The highest BCUT2D eigenvalue weighted by Gasteiger charge is 2.62. The minimum atomic E-state index is -0.476. The third-order valence-electron chi connectivity index (χ3n) is 5.91. The monoisotopic (exact) mass is 365 g/mol. The van der Waals surface area contributed by atoms with Gasteiger partial charge in [0.05, 0.1) is 17.6 Å². The Kier molecular flexibility index (Phi) is 3.67. The predicted molar refractivity (Wildman–Crippen MR) is 98.1 cm³/mol. The van der Waals surface area contributed by atoms with Crippen molar-refractivity contribution in [1.29, 1.82) is 0 Å². The van der Waals surface area contributed by atoms with Gasteiger partial charge in [-0.15, -0.1) is 0 Å². The third kappa shape index (κ3) is 2.37. The molecule has 3 heterocycles. The van der Waals surface area contributed by atoms with Gasteiger partial charge in [-0.2, -0.15) is 0 Å². The minimum absolute atomic E-state index is 0.139. The van der Waals surface area contributed by atoms with Crippen LogP contribution in [0, 0.1) is 18.7 Å². The molecule has 27 heavy (non-hydrogen) atoms. The van der Waals surface area contributed by atoms with Crippen LogP contribution >= 0.6 is 0 Å². The molecule has 5 rings (SSSR count). The van der Waals surface area contributed by atoms with Gasteiger partial charge in [0.1, 0.15) is 11.9 Å². The van der Waals surface area contributed by atoms with Gasteiger partial charge >= 0.3 is 0 Å². The Morgan fingerprint density at radius 3 is 2.15 bits per heavy atom. The maximum atomic E-state index is 13.3. The summed E-state index contributed by atoms with van der Waals surface area (Å²) in [6.45, 7) is 3.66. The summed E-state index contributed by atoms with van der Waals surface area (Å²) in [5, 5.41) is 4.26. The topological polar surface area (TPSA) is 43.9 Å². The first-order valence-electron chi connectivity index (χ1n) is 9.29. The number of halogens is 1. The fourth-order valence-electron chi connectivity index (χ4n) is 4.72. The zero-order valence-electron chi connectivity index (χ0n) is 15.0. The number of amides is 2. The molecule has 0 N–H and O–H groups in total.